The van der Waals surface area contributed by atoms with Gasteiger partial charge in [-0.3, -0.25) is 19.3 Å². The van der Waals surface area contributed by atoms with E-state index in [0.717, 1.165) is 23.8 Å². The zero-order valence-electron chi connectivity index (χ0n) is 14.2. The fourth-order valence-corrected chi connectivity index (χ4v) is 3.21. The Balaban J connectivity index is 1.53. The summed E-state index contributed by atoms with van der Waals surface area (Å²) in [5, 5.41) is 0.419. The number of unbranched alkanes of at least 4 members (excludes halogenated alkanes) is 1. The first-order valence-corrected chi connectivity index (χ1v) is 8.79. The highest BCUT2D eigenvalue weighted by atomic mass is 35.5. The number of nitrogens with zero attached hydrogens (tertiary/aromatic N) is 1. The molecule has 4 nitrogen and oxygen atoms in total. The Kier molecular flexibility index (Phi) is 5.33. The van der Waals surface area contributed by atoms with E-state index >= 15 is 0 Å². The number of carbonyl (C=O) groups excluding carboxylic acids is 3. The van der Waals surface area contributed by atoms with Crippen molar-refractivity contribution in [3.63, 3.8) is 0 Å². The molecule has 0 radical (unpaired) electrons. The van der Waals surface area contributed by atoms with Crippen molar-refractivity contribution >= 4 is 35.3 Å². The van der Waals surface area contributed by atoms with Crippen molar-refractivity contribution in [2.75, 3.05) is 6.54 Å². The maximum absolute atomic E-state index is 12.3. The number of hydrogen-bond acceptors (Lipinski definition) is 3. The maximum atomic E-state index is 12.3. The van der Waals surface area contributed by atoms with E-state index in [0.29, 0.717) is 41.1 Å². The van der Waals surface area contributed by atoms with E-state index in [2.05, 4.69) is 6.58 Å². The normalized spacial score (nSPS) is 13.0. The molecule has 0 saturated carbocycles. The van der Waals surface area contributed by atoms with Crippen LogP contribution < -0.4 is 0 Å². The molecule has 0 spiro atoms. The predicted octanol–water partition coefficient (Wildman–Crippen LogP) is 4.63. The first-order valence-electron chi connectivity index (χ1n) is 8.41. The lowest BCUT2D eigenvalue weighted by atomic mass is 10.00. The summed E-state index contributed by atoms with van der Waals surface area (Å²) >= 11 is 5.94. The molecule has 3 rings (SSSR count). The number of imide groups is 1. The van der Waals surface area contributed by atoms with Crippen LogP contribution in [0.3, 0.4) is 0 Å². The third-order valence-corrected chi connectivity index (χ3v) is 4.86. The fraction of sp³-hybridized carbons (Fsp3) is 0.190. The van der Waals surface area contributed by atoms with E-state index in [1.54, 1.807) is 36.4 Å². The van der Waals surface area contributed by atoms with Gasteiger partial charge in [-0.1, -0.05) is 36.4 Å². The molecule has 0 aromatic heterocycles. The number of amides is 2. The molecular formula is C21H18ClNO3. The third kappa shape index (κ3) is 3.46. The van der Waals surface area contributed by atoms with Gasteiger partial charge >= 0.3 is 0 Å². The summed E-state index contributed by atoms with van der Waals surface area (Å²) in [7, 11) is 0. The van der Waals surface area contributed by atoms with Crippen LogP contribution in [0.15, 0.2) is 49.0 Å². The van der Waals surface area contributed by atoms with Gasteiger partial charge in [0.1, 0.15) is 0 Å². The van der Waals surface area contributed by atoms with Crippen LogP contribution in [0, 0.1) is 0 Å². The van der Waals surface area contributed by atoms with E-state index in [1.807, 2.05) is 6.07 Å². The SMILES string of the molecule is C=C(CCCCN1C(=O)c2ccccc2C1=O)c1ccc(Cl)c(C=O)c1. The average molecular weight is 368 g/mol. The molecule has 2 aromatic rings. The van der Waals surface area contributed by atoms with Gasteiger partial charge in [-0.25, -0.2) is 0 Å². The first-order chi connectivity index (χ1) is 12.5. The Morgan fingerprint density at radius 2 is 1.69 bits per heavy atom. The van der Waals surface area contributed by atoms with E-state index in [-0.39, 0.29) is 11.8 Å². The van der Waals surface area contributed by atoms with Gasteiger partial charge < -0.3 is 0 Å². The molecule has 0 bridgehead atoms. The summed E-state index contributed by atoms with van der Waals surface area (Å²) in [4.78, 5) is 36.9. The number of carbonyl (C=O) groups is 3. The Morgan fingerprint density at radius 3 is 2.31 bits per heavy atom. The van der Waals surface area contributed by atoms with Gasteiger partial charge in [-0.2, -0.15) is 0 Å². The van der Waals surface area contributed by atoms with Crippen molar-refractivity contribution in [2.45, 2.75) is 19.3 Å². The smallest absolute Gasteiger partial charge is 0.261 e. The highest BCUT2D eigenvalue weighted by Gasteiger charge is 2.34. The highest BCUT2D eigenvalue weighted by molar-refractivity contribution is 6.33. The molecule has 5 heteroatoms. The molecule has 2 aromatic carbocycles. The van der Waals surface area contributed by atoms with Gasteiger partial charge in [0.25, 0.3) is 11.8 Å². The van der Waals surface area contributed by atoms with Crippen molar-refractivity contribution < 1.29 is 14.4 Å². The topological polar surface area (TPSA) is 54.5 Å². The molecule has 0 atom stereocenters. The number of aldehydes is 1. The van der Waals surface area contributed by atoms with Crippen LogP contribution in [0.2, 0.25) is 5.02 Å². The van der Waals surface area contributed by atoms with Crippen molar-refractivity contribution in [1.82, 2.24) is 4.90 Å². The lowest BCUT2D eigenvalue weighted by Crippen LogP contribution is -2.30. The molecule has 132 valence electrons. The van der Waals surface area contributed by atoms with Crippen LogP contribution in [-0.2, 0) is 0 Å². The summed E-state index contributed by atoms with van der Waals surface area (Å²) in [6.07, 6.45) is 2.91. The van der Waals surface area contributed by atoms with Crippen molar-refractivity contribution in [3.05, 3.63) is 76.3 Å². The summed E-state index contributed by atoms with van der Waals surface area (Å²) in [5.41, 5.74) is 3.16. The number of fused-ring (bicyclic) bond motifs is 1. The van der Waals surface area contributed by atoms with Crippen LogP contribution in [0.4, 0.5) is 0 Å². The van der Waals surface area contributed by atoms with Crippen molar-refractivity contribution in [2.24, 2.45) is 0 Å². The van der Waals surface area contributed by atoms with E-state index in [9.17, 15) is 14.4 Å². The van der Waals surface area contributed by atoms with Crippen molar-refractivity contribution in [3.8, 4) is 0 Å². The molecule has 1 aliphatic rings. The van der Waals surface area contributed by atoms with Gasteiger partial charge in [-0.15, -0.1) is 0 Å². The van der Waals surface area contributed by atoms with Crippen LogP contribution in [0.1, 0.15) is 55.9 Å². The molecule has 0 unspecified atom stereocenters. The van der Waals surface area contributed by atoms with E-state index in [1.165, 1.54) is 4.90 Å². The van der Waals surface area contributed by atoms with Crippen LogP contribution in [0.25, 0.3) is 5.57 Å². The minimum atomic E-state index is -0.224. The number of benzene rings is 2. The van der Waals surface area contributed by atoms with Gasteiger partial charge in [0.15, 0.2) is 6.29 Å². The molecule has 1 aliphatic heterocycles. The van der Waals surface area contributed by atoms with Crippen LogP contribution in [0.5, 0.6) is 0 Å². The summed E-state index contributed by atoms with van der Waals surface area (Å²) in [5.74, 6) is -0.449. The second-order valence-corrected chi connectivity index (χ2v) is 6.63. The Morgan fingerprint density at radius 1 is 1.04 bits per heavy atom. The summed E-state index contributed by atoms with van der Waals surface area (Å²) in [6.45, 7) is 4.44. The van der Waals surface area contributed by atoms with Gasteiger partial charge in [0, 0.05) is 12.1 Å². The zero-order valence-corrected chi connectivity index (χ0v) is 15.0. The van der Waals surface area contributed by atoms with Gasteiger partial charge in [0.05, 0.1) is 16.1 Å². The third-order valence-electron chi connectivity index (χ3n) is 4.52. The maximum Gasteiger partial charge on any atom is 0.261 e. The summed E-state index contributed by atoms with van der Waals surface area (Å²) < 4.78 is 0. The zero-order chi connectivity index (χ0) is 18.7. The summed E-state index contributed by atoms with van der Waals surface area (Å²) in [6, 6.07) is 12.1. The minimum Gasteiger partial charge on any atom is -0.298 e. The lowest BCUT2D eigenvalue weighted by Gasteiger charge is -2.14. The predicted molar refractivity (Wildman–Crippen MR) is 102 cm³/mol. The number of rotatable bonds is 7. The molecule has 0 aliphatic carbocycles. The molecular weight excluding hydrogens is 350 g/mol. The average Bonchev–Trinajstić information content (AvgIpc) is 2.90. The van der Waals surface area contributed by atoms with E-state index < -0.39 is 0 Å². The molecule has 0 fully saturated rings. The number of halogens is 1. The van der Waals surface area contributed by atoms with Crippen LogP contribution >= 0.6 is 11.6 Å². The molecule has 0 N–H and O–H groups in total. The molecule has 0 saturated heterocycles. The van der Waals surface area contributed by atoms with Crippen LogP contribution in [-0.4, -0.2) is 29.5 Å². The van der Waals surface area contributed by atoms with E-state index in [4.69, 9.17) is 11.6 Å². The first kappa shape index (κ1) is 18.1. The quantitative estimate of drug-likeness (QED) is 0.407. The van der Waals surface area contributed by atoms with Gasteiger partial charge in [0.2, 0.25) is 0 Å². The van der Waals surface area contributed by atoms with Gasteiger partial charge in [-0.05, 0) is 54.7 Å². The second-order valence-electron chi connectivity index (χ2n) is 6.22. The largest absolute Gasteiger partial charge is 0.298 e. The Bertz CT molecular complexity index is 869. The number of allylic oxidation sites excluding steroid dienone is 1. The molecule has 1 heterocycles. The van der Waals surface area contributed by atoms with Crippen molar-refractivity contribution in [1.29, 1.82) is 0 Å². The monoisotopic (exact) mass is 367 g/mol. The standard InChI is InChI=1S/C21H18ClNO3/c1-14(15-9-10-19(22)16(12-15)13-24)6-4-5-11-23-20(25)17-7-2-3-8-18(17)21(23)26/h2-3,7-10,12-13H,1,4-6,11H2. The minimum absolute atomic E-state index is 0.224. The fourth-order valence-electron chi connectivity index (χ4n) is 3.05. The highest BCUT2D eigenvalue weighted by Crippen LogP contribution is 2.25. The lowest BCUT2D eigenvalue weighted by molar-refractivity contribution is 0.0651. The Labute approximate surface area is 157 Å². The molecule has 26 heavy (non-hydrogen) atoms. The number of hydrogen-bond donors (Lipinski definition) is 0. The second kappa shape index (κ2) is 7.67. The molecule has 2 amide bonds. The Hall–Kier alpha value is -2.72.